The van der Waals surface area contributed by atoms with Crippen molar-refractivity contribution in [3.8, 4) is 0 Å². The smallest absolute Gasteiger partial charge is 0.336 e. The van der Waals surface area contributed by atoms with Crippen molar-refractivity contribution in [3.05, 3.63) is 35.5 Å². The molecule has 0 saturated heterocycles. The first-order valence-corrected chi connectivity index (χ1v) is 5.95. The molecule has 1 aromatic heterocycles. The summed E-state index contributed by atoms with van der Waals surface area (Å²) < 4.78 is 39.8. The summed E-state index contributed by atoms with van der Waals surface area (Å²) in [5, 5.41) is 0.439. The number of carbonyl (C=O) groups excluding carboxylic acids is 1. The van der Waals surface area contributed by atoms with Crippen LogP contribution in [-0.2, 0) is 6.18 Å². The third-order valence-electron chi connectivity index (χ3n) is 3.04. The summed E-state index contributed by atoms with van der Waals surface area (Å²) in [5.41, 5.74) is 0.383. The molecule has 0 aliphatic heterocycles. The van der Waals surface area contributed by atoms with E-state index < -0.39 is 11.7 Å². The topological polar surface area (TPSA) is 22.0 Å². The molecule has 0 N–H and O–H groups in total. The van der Waals surface area contributed by atoms with Crippen molar-refractivity contribution >= 4 is 16.7 Å². The number of nitrogens with zero attached hydrogens (tertiary/aromatic N) is 1. The fraction of sp³-hybridized carbons (Fsp3) is 0.357. The summed E-state index contributed by atoms with van der Waals surface area (Å²) in [7, 11) is 0. The fourth-order valence-corrected chi connectivity index (χ4v) is 2.24. The average Bonchev–Trinajstić information content (AvgIpc) is 2.65. The zero-order valence-electron chi connectivity index (χ0n) is 10.9. The largest absolute Gasteiger partial charge is 0.416 e. The second kappa shape index (κ2) is 4.40. The molecular formula is C14H14F3NO. The van der Waals surface area contributed by atoms with E-state index in [-0.39, 0.29) is 11.8 Å². The van der Waals surface area contributed by atoms with Crippen LogP contribution in [0.15, 0.2) is 24.3 Å². The highest BCUT2D eigenvalue weighted by molar-refractivity contribution is 5.99. The molecule has 0 aliphatic rings. The van der Waals surface area contributed by atoms with Crippen molar-refractivity contribution in [2.24, 2.45) is 0 Å². The van der Waals surface area contributed by atoms with E-state index in [9.17, 15) is 18.0 Å². The van der Waals surface area contributed by atoms with E-state index in [0.29, 0.717) is 16.6 Å². The Morgan fingerprint density at radius 2 is 1.84 bits per heavy atom. The molecule has 5 heteroatoms. The number of carbonyl (C=O) groups is 1. The van der Waals surface area contributed by atoms with Gasteiger partial charge < -0.3 is 4.57 Å². The zero-order valence-corrected chi connectivity index (χ0v) is 10.9. The number of ketones is 1. The third kappa shape index (κ3) is 2.37. The minimum atomic E-state index is -4.37. The Morgan fingerprint density at radius 3 is 2.32 bits per heavy atom. The minimum Gasteiger partial charge on any atom is -0.336 e. The predicted molar refractivity (Wildman–Crippen MR) is 67.3 cm³/mol. The van der Waals surface area contributed by atoms with Gasteiger partial charge in [-0.15, -0.1) is 0 Å². The second-order valence-electron chi connectivity index (χ2n) is 4.82. The Bertz CT molecular complexity index is 638. The van der Waals surface area contributed by atoms with Crippen LogP contribution in [0.25, 0.3) is 10.9 Å². The van der Waals surface area contributed by atoms with Crippen LogP contribution >= 0.6 is 0 Å². The molecule has 0 atom stereocenters. The Balaban J connectivity index is 2.73. The first-order valence-electron chi connectivity index (χ1n) is 5.95. The lowest BCUT2D eigenvalue weighted by molar-refractivity contribution is -0.137. The molecule has 0 radical (unpaired) electrons. The fourth-order valence-electron chi connectivity index (χ4n) is 2.24. The molecule has 1 aromatic carbocycles. The van der Waals surface area contributed by atoms with Crippen LogP contribution in [0.2, 0.25) is 0 Å². The number of hydrogen-bond donors (Lipinski definition) is 0. The van der Waals surface area contributed by atoms with E-state index in [1.54, 1.807) is 4.57 Å². The zero-order chi connectivity index (χ0) is 14.4. The summed E-state index contributed by atoms with van der Waals surface area (Å²) in [5.74, 6) is -0.154. The van der Waals surface area contributed by atoms with Crippen LogP contribution in [-0.4, -0.2) is 10.4 Å². The maximum Gasteiger partial charge on any atom is 0.416 e. The van der Waals surface area contributed by atoms with Gasteiger partial charge in [0.05, 0.1) is 11.3 Å². The Morgan fingerprint density at radius 1 is 1.21 bits per heavy atom. The molecule has 0 amide bonds. The van der Waals surface area contributed by atoms with E-state index in [0.717, 1.165) is 12.1 Å². The maximum atomic E-state index is 12.7. The average molecular weight is 269 g/mol. The van der Waals surface area contributed by atoms with Gasteiger partial charge in [-0.2, -0.15) is 13.2 Å². The molecule has 0 aliphatic carbocycles. The number of hydrogen-bond acceptors (Lipinski definition) is 1. The number of benzene rings is 1. The van der Waals surface area contributed by atoms with Gasteiger partial charge in [0.25, 0.3) is 0 Å². The number of rotatable bonds is 2. The van der Waals surface area contributed by atoms with Gasteiger partial charge in [0, 0.05) is 23.9 Å². The van der Waals surface area contributed by atoms with Crippen LogP contribution in [0.4, 0.5) is 13.2 Å². The van der Waals surface area contributed by atoms with Crippen LogP contribution in [0.1, 0.15) is 42.9 Å². The standard InChI is InChI=1S/C14H14F3NO/c1-8(2)18-12-5-4-11(14(15,16)17)6-10(12)7-13(18)9(3)19/h4-8H,1-3H3. The number of halogens is 3. The van der Waals surface area contributed by atoms with E-state index in [4.69, 9.17) is 0 Å². The van der Waals surface area contributed by atoms with E-state index >= 15 is 0 Å². The van der Waals surface area contributed by atoms with Crippen molar-refractivity contribution in [2.45, 2.75) is 33.0 Å². The van der Waals surface area contributed by atoms with Crippen LogP contribution in [0, 0.1) is 0 Å². The summed E-state index contributed by atoms with van der Waals surface area (Å²) in [4.78, 5) is 11.6. The number of Topliss-reactive ketones (excluding diaryl/α,β-unsaturated/α-hetero) is 1. The molecular weight excluding hydrogens is 255 g/mol. The van der Waals surface area contributed by atoms with Crippen molar-refractivity contribution in [1.29, 1.82) is 0 Å². The molecule has 2 aromatic rings. The molecule has 102 valence electrons. The number of fused-ring (bicyclic) bond motifs is 1. The Labute approximate surface area is 108 Å². The normalized spacial score (nSPS) is 12.4. The molecule has 0 bridgehead atoms. The quantitative estimate of drug-likeness (QED) is 0.738. The monoisotopic (exact) mass is 269 g/mol. The third-order valence-corrected chi connectivity index (χ3v) is 3.04. The number of alkyl halides is 3. The van der Waals surface area contributed by atoms with Gasteiger partial charge in [0.15, 0.2) is 5.78 Å². The molecule has 2 nitrogen and oxygen atoms in total. The van der Waals surface area contributed by atoms with Crippen molar-refractivity contribution < 1.29 is 18.0 Å². The molecule has 1 heterocycles. The molecule has 0 spiro atoms. The highest BCUT2D eigenvalue weighted by Gasteiger charge is 2.31. The van der Waals surface area contributed by atoms with Gasteiger partial charge in [-0.1, -0.05) is 0 Å². The Kier molecular flexibility index (Phi) is 3.16. The lowest BCUT2D eigenvalue weighted by Crippen LogP contribution is -2.08. The second-order valence-corrected chi connectivity index (χ2v) is 4.82. The van der Waals surface area contributed by atoms with Crippen LogP contribution < -0.4 is 0 Å². The molecule has 0 saturated carbocycles. The minimum absolute atomic E-state index is 0.00753. The van der Waals surface area contributed by atoms with Gasteiger partial charge >= 0.3 is 6.18 Å². The molecule has 0 unspecified atom stereocenters. The van der Waals surface area contributed by atoms with Gasteiger partial charge in [-0.3, -0.25) is 4.79 Å². The van der Waals surface area contributed by atoms with Gasteiger partial charge in [-0.25, -0.2) is 0 Å². The maximum absolute atomic E-state index is 12.7. The summed E-state index contributed by atoms with van der Waals surface area (Å²) in [6, 6.07) is 5.08. The van der Waals surface area contributed by atoms with Crippen molar-refractivity contribution in [2.75, 3.05) is 0 Å². The van der Waals surface area contributed by atoms with E-state index in [1.807, 2.05) is 13.8 Å². The van der Waals surface area contributed by atoms with Crippen LogP contribution in [0.3, 0.4) is 0 Å². The lowest BCUT2D eigenvalue weighted by atomic mass is 10.1. The van der Waals surface area contributed by atoms with Crippen LogP contribution in [0.5, 0.6) is 0 Å². The number of aromatic nitrogens is 1. The lowest BCUT2D eigenvalue weighted by Gasteiger charge is -2.13. The first-order chi connectivity index (χ1) is 8.71. The van der Waals surface area contributed by atoms with Gasteiger partial charge in [-0.05, 0) is 38.1 Å². The van der Waals surface area contributed by atoms with Crippen molar-refractivity contribution in [1.82, 2.24) is 4.57 Å². The molecule has 2 rings (SSSR count). The van der Waals surface area contributed by atoms with Gasteiger partial charge in [0.2, 0.25) is 0 Å². The predicted octanol–water partition coefficient (Wildman–Crippen LogP) is 4.44. The van der Waals surface area contributed by atoms with E-state index in [2.05, 4.69) is 0 Å². The molecule has 0 fully saturated rings. The highest BCUT2D eigenvalue weighted by Crippen LogP contribution is 2.33. The summed E-state index contributed by atoms with van der Waals surface area (Å²) >= 11 is 0. The summed E-state index contributed by atoms with van der Waals surface area (Å²) in [6.07, 6.45) is -4.37. The summed E-state index contributed by atoms with van der Waals surface area (Å²) in [6.45, 7) is 5.20. The van der Waals surface area contributed by atoms with E-state index in [1.165, 1.54) is 19.1 Å². The SMILES string of the molecule is CC(=O)c1cc2cc(C(F)(F)F)ccc2n1C(C)C. The Hall–Kier alpha value is -1.78. The van der Waals surface area contributed by atoms with Crippen molar-refractivity contribution in [3.63, 3.8) is 0 Å². The highest BCUT2D eigenvalue weighted by atomic mass is 19.4. The molecule has 19 heavy (non-hydrogen) atoms. The van der Waals surface area contributed by atoms with Gasteiger partial charge in [0.1, 0.15) is 0 Å². The first kappa shape index (κ1) is 13.6.